The third-order valence-corrected chi connectivity index (χ3v) is 4.53. The maximum atomic E-state index is 12.8. The van der Waals surface area contributed by atoms with Crippen molar-refractivity contribution >= 4 is 11.6 Å². The fraction of sp³-hybridized carbons (Fsp3) is 0.412. The molecular formula is C17H18O5. The Hall–Kier alpha value is -2.14. The maximum Gasteiger partial charge on any atom is 0.194 e. The lowest BCUT2D eigenvalue weighted by Gasteiger charge is -2.32. The zero-order valence-electron chi connectivity index (χ0n) is 12.8. The predicted molar refractivity (Wildman–Crippen MR) is 79.6 cm³/mol. The van der Waals surface area contributed by atoms with E-state index in [0.717, 1.165) is 0 Å². The van der Waals surface area contributed by atoms with Gasteiger partial charge in [-0.25, -0.2) is 0 Å². The van der Waals surface area contributed by atoms with Gasteiger partial charge in [0.2, 0.25) is 0 Å². The number of benzene rings is 1. The molecule has 0 radical (unpaired) electrons. The Labute approximate surface area is 128 Å². The lowest BCUT2D eigenvalue weighted by molar-refractivity contribution is 0.0845. The van der Waals surface area contributed by atoms with E-state index in [4.69, 9.17) is 9.47 Å². The lowest BCUT2D eigenvalue weighted by Crippen LogP contribution is -2.33. The summed E-state index contributed by atoms with van der Waals surface area (Å²) < 4.78 is 10.5. The third-order valence-electron chi connectivity index (χ3n) is 4.53. The fourth-order valence-electron chi connectivity index (χ4n) is 3.23. The van der Waals surface area contributed by atoms with Gasteiger partial charge in [0, 0.05) is 23.1 Å². The minimum atomic E-state index is -0.603. The van der Waals surface area contributed by atoms with Crippen molar-refractivity contribution in [2.24, 2.45) is 5.92 Å². The lowest BCUT2D eigenvalue weighted by atomic mass is 9.73. The summed E-state index contributed by atoms with van der Waals surface area (Å²) in [6.07, 6.45) is 0.0316. The van der Waals surface area contributed by atoms with Crippen molar-refractivity contribution < 1.29 is 24.2 Å². The van der Waals surface area contributed by atoms with Gasteiger partial charge in [0.1, 0.15) is 0 Å². The number of carbonyl (C=O) groups is 2. The molecule has 2 aliphatic rings. The molecule has 0 heterocycles. The normalized spacial score (nSPS) is 24.0. The van der Waals surface area contributed by atoms with E-state index in [-0.39, 0.29) is 35.2 Å². The molecule has 2 atom stereocenters. The van der Waals surface area contributed by atoms with Gasteiger partial charge in [-0.3, -0.25) is 9.59 Å². The highest BCUT2D eigenvalue weighted by atomic mass is 16.5. The number of rotatable bonds is 2. The average Bonchev–Trinajstić information content (AvgIpc) is 2.53. The van der Waals surface area contributed by atoms with Crippen molar-refractivity contribution in [2.45, 2.75) is 25.9 Å². The first-order chi connectivity index (χ1) is 10.5. The van der Waals surface area contributed by atoms with Gasteiger partial charge in [-0.05, 0) is 24.5 Å². The van der Waals surface area contributed by atoms with E-state index >= 15 is 0 Å². The minimum absolute atomic E-state index is 0.0304. The topological polar surface area (TPSA) is 72.8 Å². The van der Waals surface area contributed by atoms with Crippen molar-refractivity contribution in [1.29, 1.82) is 0 Å². The molecule has 1 aromatic rings. The van der Waals surface area contributed by atoms with Gasteiger partial charge < -0.3 is 14.6 Å². The molecule has 116 valence electrons. The Bertz CT molecular complexity index is 701. The number of hydrogen-bond donors (Lipinski definition) is 1. The molecule has 1 N–H and O–H groups in total. The van der Waals surface area contributed by atoms with Gasteiger partial charge >= 0.3 is 0 Å². The Balaban J connectivity index is 2.20. The molecule has 2 aliphatic carbocycles. The minimum Gasteiger partial charge on any atom is -0.493 e. The van der Waals surface area contributed by atoms with Crippen LogP contribution in [0.1, 0.15) is 40.5 Å². The SMILES string of the molecule is COc1ccc2c(c1OC)C(=O)C1=C(C[C@@H](C)[C@H](O)C1)C2=O. The van der Waals surface area contributed by atoms with E-state index in [1.165, 1.54) is 14.2 Å². The van der Waals surface area contributed by atoms with Crippen LogP contribution in [0.15, 0.2) is 23.3 Å². The maximum absolute atomic E-state index is 12.8. The summed E-state index contributed by atoms with van der Waals surface area (Å²) >= 11 is 0. The van der Waals surface area contributed by atoms with Gasteiger partial charge in [-0.2, -0.15) is 0 Å². The highest BCUT2D eigenvalue weighted by Gasteiger charge is 2.40. The molecule has 0 unspecified atom stereocenters. The Morgan fingerprint density at radius 3 is 2.36 bits per heavy atom. The average molecular weight is 302 g/mol. The summed E-state index contributed by atoms with van der Waals surface area (Å²) in [4.78, 5) is 25.6. The molecular weight excluding hydrogens is 284 g/mol. The molecule has 0 bridgehead atoms. The molecule has 0 saturated heterocycles. The van der Waals surface area contributed by atoms with E-state index in [1.54, 1.807) is 12.1 Å². The molecule has 0 fully saturated rings. The molecule has 0 aliphatic heterocycles. The largest absolute Gasteiger partial charge is 0.493 e. The monoisotopic (exact) mass is 302 g/mol. The summed E-state index contributed by atoms with van der Waals surface area (Å²) in [5.41, 5.74) is 1.54. The highest BCUT2D eigenvalue weighted by molar-refractivity contribution is 6.28. The van der Waals surface area contributed by atoms with Crippen molar-refractivity contribution in [2.75, 3.05) is 14.2 Å². The summed E-state index contributed by atoms with van der Waals surface area (Å²) in [5, 5.41) is 10.0. The zero-order valence-corrected chi connectivity index (χ0v) is 12.8. The fourth-order valence-corrected chi connectivity index (χ4v) is 3.23. The number of ether oxygens (including phenoxy) is 2. The van der Waals surface area contributed by atoms with Crippen molar-refractivity contribution in [3.63, 3.8) is 0 Å². The van der Waals surface area contributed by atoms with Crippen LogP contribution in [0.5, 0.6) is 11.5 Å². The highest BCUT2D eigenvalue weighted by Crippen LogP contribution is 2.43. The number of carbonyl (C=O) groups excluding carboxylic acids is 2. The van der Waals surface area contributed by atoms with Gasteiger partial charge in [-0.1, -0.05) is 6.92 Å². The summed E-state index contributed by atoms with van der Waals surface area (Å²) in [6.45, 7) is 1.89. The van der Waals surface area contributed by atoms with Crippen LogP contribution in [0.2, 0.25) is 0 Å². The number of hydrogen-bond acceptors (Lipinski definition) is 5. The number of aliphatic hydroxyl groups excluding tert-OH is 1. The Kier molecular flexibility index (Phi) is 3.53. The standard InChI is InChI=1S/C17H18O5/c1-8-6-10-11(7-12(8)18)16(20)14-9(15(10)19)4-5-13(21-2)17(14)22-3/h4-5,8,12,18H,6-7H2,1-3H3/t8-,12-/m1/s1. The van der Waals surface area contributed by atoms with E-state index in [0.29, 0.717) is 28.9 Å². The summed E-state index contributed by atoms with van der Waals surface area (Å²) in [5.74, 6) is 0.266. The quantitative estimate of drug-likeness (QED) is 0.906. The number of aliphatic hydroxyl groups is 1. The number of fused-ring (bicyclic) bond motifs is 1. The third kappa shape index (κ3) is 1.96. The van der Waals surface area contributed by atoms with Crippen LogP contribution in [-0.2, 0) is 0 Å². The Morgan fingerprint density at radius 2 is 1.73 bits per heavy atom. The second kappa shape index (κ2) is 5.25. The molecule has 3 rings (SSSR count). The number of Topliss-reactive ketones (excluding diaryl/α,β-unsaturated/α-hetero) is 2. The Morgan fingerprint density at radius 1 is 1.05 bits per heavy atom. The predicted octanol–water partition coefficient (Wildman–Crippen LogP) is 2.17. The molecule has 5 heteroatoms. The molecule has 22 heavy (non-hydrogen) atoms. The van der Waals surface area contributed by atoms with Crippen LogP contribution in [0.4, 0.5) is 0 Å². The molecule has 5 nitrogen and oxygen atoms in total. The molecule has 0 amide bonds. The molecule has 0 saturated carbocycles. The molecule has 0 aromatic heterocycles. The van der Waals surface area contributed by atoms with Gasteiger partial charge in [0.25, 0.3) is 0 Å². The van der Waals surface area contributed by atoms with Gasteiger partial charge in [0.05, 0.1) is 25.9 Å². The van der Waals surface area contributed by atoms with E-state index < -0.39 is 6.10 Å². The first kappa shape index (κ1) is 14.8. The van der Waals surface area contributed by atoms with Crippen LogP contribution in [-0.4, -0.2) is 37.0 Å². The van der Waals surface area contributed by atoms with Crippen LogP contribution in [0, 0.1) is 5.92 Å². The van der Waals surface area contributed by atoms with Crippen LogP contribution in [0.3, 0.4) is 0 Å². The van der Waals surface area contributed by atoms with Crippen LogP contribution >= 0.6 is 0 Å². The zero-order chi connectivity index (χ0) is 16.0. The van der Waals surface area contributed by atoms with Crippen molar-refractivity contribution in [3.8, 4) is 11.5 Å². The number of ketones is 2. The van der Waals surface area contributed by atoms with Crippen LogP contribution < -0.4 is 9.47 Å². The summed E-state index contributed by atoms with van der Waals surface area (Å²) in [7, 11) is 2.92. The van der Waals surface area contributed by atoms with Gasteiger partial charge in [0.15, 0.2) is 23.1 Å². The first-order valence-corrected chi connectivity index (χ1v) is 7.24. The summed E-state index contributed by atoms with van der Waals surface area (Å²) in [6, 6.07) is 3.24. The number of methoxy groups -OCH3 is 2. The second-order valence-electron chi connectivity index (χ2n) is 5.79. The second-order valence-corrected chi connectivity index (χ2v) is 5.79. The number of allylic oxidation sites excluding steroid dienone is 1. The molecule has 1 aromatic carbocycles. The van der Waals surface area contributed by atoms with Gasteiger partial charge in [-0.15, -0.1) is 0 Å². The van der Waals surface area contributed by atoms with Crippen LogP contribution in [0.25, 0.3) is 0 Å². The molecule has 0 spiro atoms. The first-order valence-electron chi connectivity index (χ1n) is 7.24. The van der Waals surface area contributed by atoms with E-state index in [2.05, 4.69) is 0 Å². The van der Waals surface area contributed by atoms with E-state index in [1.807, 2.05) is 6.92 Å². The smallest absolute Gasteiger partial charge is 0.194 e. The van der Waals surface area contributed by atoms with Crippen molar-refractivity contribution in [3.05, 3.63) is 34.4 Å². The van der Waals surface area contributed by atoms with E-state index in [9.17, 15) is 14.7 Å². The van der Waals surface area contributed by atoms with Crippen molar-refractivity contribution in [1.82, 2.24) is 0 Å².